The van der Waals surface area contributed by atoms with E-state index in [-0.39, 0.29) is 18.8 Å². The molecular formula is C14H19NO4. The summed E-state index contributed by atoms with van der Waals surface area (Å²) in [6, 6.07) is 5.73. The van der Waals surface area contributed by atoms with Crippen molar-refractivity contribution in [3.05, 3.63) is 29.3 Å². The maximum Gasteiger partial charge on any atom is 0.331 e. The van der Waals surface area contributed by atoms with Gasteiger partial charge in [-0.15, -0.1) is 0 Å². The molecule has 1 aliphatic rings. The number of ether oxygens (including phenoxy) is 3. The molecular weight excluding hydrogens is 246 g/mol. The molecule has 2 unspecified atom stereocenters. The molecule has 0 amide bonds. The summed E-state index contributed by atoms with van der Waals surface area (Å²) in [6.45, 7) is 2.45. The molecule has 2 atom stereocenters. The van der Waals surface area contributed by atoms with E-state index in [0.29, 0.717) is 6.61 Å². The average molecular weight is 265 g/mol. The number of hydrogen-bond acceptors (Lipinski definition) is 5. The van der Waals surface area contributed by atoms with Crippen LogP contribution in [0.4, 0.5) is 0 Å². The summed E-state index contributed by atoms with van der Waals surface area (Å²) in [5.74, 6) is 0.392. The van der Waals surface area contributed by atoms with Crippen LogP contribution >= 0.6 is 0 Å². The smallest absolute Gasteiger partial charge is 0.331 e. The summed E-state index contributed by atoms with van der Waals surface area (Å²) in [7, 11) is 1.33. The molecule has 19 heavy (non-hydrogen) atoms. The van der Waals surface area contributed by atoms with Crippen molar-refractivity contribution in [3.63, 3.8) is 0 Å². The fraction of sp³-hybridized carbons (Fsp3) is 0.500. The van der Waals surface area contributed by atoms with E-state index in [0.717, 1.165) is 23.3 Å². The second kappa shape index (κ2) is 6.04. The predicted molar refractivity (Wildman–Crippen MR) is 70.0 cm³/mol. The molecule has 2 rings (SSSR count). The molecule has 0 saturated carbocycles. The molecule has 0 spiro atoms. The van der Waals surface area contributed by atoms with Gasteiger partial charge in [-0.1, -0.05) is 6.07 Å². The molecule has 1 aromatic rings. The Morgan fingerprint density at radius 2 is 2.26 bits per heavy atom. The third-order valence-electron chi connectivity index (χ3n) is 3.19. The summed E-state index contributed by atoms with van der Waals surface area (Å²) in [4.78, 5) is 11.1. The van der Waals surface area contributed by atoms with Gasteiger partial charge in [0.15, 0.2) is 0 Å². The maximum atomic E-state index is 11.1. The van der Waals surface area contributed by atoms with Crippen molar-refractivity contribution in [1.82, 2.24) is 0 Å². The summed E-state index contributed by atoms with van der Waals surface area (Å²) < 4.78 is 15.6. The van der Waals surface area contributed by atoms with E-state index in [1.54, 1.807) is 0 Å². The highest BCUT2D eigenvalue weighted by Gasteiger charge is 2.31. The largest absolute Gasteiger partial charge is 0.494 e. The Labute approximate surface area is 112 Å². The molecule has 0 aliphatic heterocycles. The van der Waals surface area contributed by atoms with Crippen molar-refractivity contribution in [2.45, 2.75) is 25.5 Å². The first-order chi connectivity index (χ1) is 9.15. The molecule has 5 nitrogen and oxygen atoms in total. The Morgan fingerprint density at radius 3 is 2.95 bits per heavy atom. The Balaban J connectivity index is 2.14. The SMILES string of the molecule is CCOc1ccc2c(c1)C(OCC(=O)OC)C(N)C2. The standard InChI is InChI=1S/C14H19NO4/c1-3-18-10-5-4-9-6-12(15)14(11(9)7-10)19-8-13(16)17-2/h4-5,7,12,14H,3,6,8,15H2,1-2H3. The topological polar surface area (TPSA) is 70.8 Å². The number of benzene rings is 1. The van der Waals surface area contributed by atoms with Gasteiger partial charge in [0.1, 0.15) is 12.4 Å². The number of hydrogen-bond donors (Lipinski definition) is 1. The van der Waals surface area contributed by atoms with Crippen molar-refractivity contribution in [3.8, 4) is 5.75 Å². The monoisotopic (exact) mass is 265 g/mol. The minimum Gasteiger partial charge on any atom is -0.494 e. The van der Waals surface area contributed by atoms with Crippen molar-refractivity contribution in [2.75, 3.05) is 20.3 Å². The number of rotatable bonds is 5. The zero-order valence-corrected chi connectivity index (χ0v) is 11.2. The zero-order chi connectivity index (χ0) is 13.8. The van der Waals surface area contributed by atoms with Crippen molar-refractivity contribution in [1.29, 1.82) is 0 Å². The zero-order valence-electron chi connectivity index (χ0n) is 11.2. The minimum atomic E-state index is -0.401. The molecule has 2 N–H and O–H groups in total. The number of carbonyl (C=O) groups excluding carboxylic acids is 1. The third-order valence-corrected chi connectivity index (χ3v) is 3.19. The van der Waals surface area contributed by atoms with Crippen molar-refractivity contribution in [2.24, 2.45) is 5.73 Å². The molecule has 0 bridgehead atoms. The molecule has 1 aromatic carbocycles. The van der Waals surface area contributed by atoms with Gasteiger partial charge < -0.3 is 19.9 Å². The number of carbonyl (C=O) groups is 1. The van der Waals surface area contributed by atoms with Gasteiger partial charge >= 0.3 is 5.97 Å². The third kappa shape index (κ3) is 3.05. The molecule has 0 radical (unpaired) electrons. The quantitative estimate of drug-likeness (QED) is 0.810. The van der Waals surface area contributed by atoms with Crippen LogP contribution in [0.5, 0.6) is 5.75 Å². The highest BCUT2D eigenvalue weighted by Crippen LogP contribution is 2.35. The van der Waals surface area contributed by atoms with Crippen LogP contribution < -0.4 is 10.5 Å². The summed E-state index contributed by atoms with van der Waals surface area (Å²) in [5, 5.41) is 0. The van der Waals surface area contributed by atoms with Gasteiger partial charge in [0.05, 0.1) is 19.8 Å². The van der Waals surface area contributed by atoms with Crippen LogP contribution in [0.25, 0.3) is 0 Å². The van der Waals surface area contributed by atoms with E-state index in [2.05, 4.69) is 4.74 Å². The summed E-state index contributed by atoms with van der Waals surface area (Å²) in [6.07, 6.45) is 0.461. The lowest BCUT2D eigenvalue weighted by atomic mass is 10.1. The Kier molecular flexibility index (Phi) is 4.39. The number of methoxy groups -OCH3 is 1. The molecule has 0 fully saturated rings. The van der Waals surface area contributed by atoms with Crippen molar-refractivity contribution < 1.29 is 19.0 Å². The first-order valence-corrected chi connectivity index (χ1v) is 6.35. The van der Waals surface area contributed by atoms with E-state index < -0.39 is 5.97 Å². The van der Waals surface area contributed by atoms with E-state index in [1.165, 1.54) is 7.11 Å². The van der Waals surface area contributed by atoms with E-state index in [1.807, 2.05) is 25.1 Å². The van der Waals surface area contributed by atoms with Crippen LogP contribution in [0.1, 0.15) is 24.2 Å². The molecule has 1 aliphatic carbocycles. The lowest BCUT2D eigenvalue weighted by Crippen LogP contribution is -2.28. The predicted octanol–water partition coefficient (Wildman–Crippen LogP) is 1.20. The minimum absolute atomic E-state index is 0.0901. The molecule has 0 aromatic heterocycles. The van der Waals surface area contributed by atoms with E-state index in [4.69, 9.17) is 15.2 Å². The van der Waals surface area contributed by atoms with Gasteiger partial charge in [0.25, 0.3) is 0 Å². The van der Waals surface area contributed by atoms with Gasteiger partial charge in [-0.05, 0) is 36.6 Å². The summed E-state index contributed by atoms with van der Waals surface area (Å²) in [5.41, 5.74) is 8.21. The van der Waals surface area contributed by atoms with Gasteiger partial charge in [0.2, 0.25) is 0 Å². The van der Waals surface area contributed by atoms with Crippen LogP contribution in [0.15, 0.2) is 18.2 Å². The van der Waals surface area contributed by atoms with Gasteiger partial charge in [0, 0.05) is 6.04 Å². The second-order valence-corrected chi connectivity index (χ2v) is 4.47. The maximum absolute atomic E-state index is 11.1. The summed E-state index contributed by atoms with van der Waals surface area (Å²) >= 11 is 0. The van der Waals surface area contributed by atoms with Gasteiger partial charge in [-0.2, -0.15) is 0 Å². The fourth-order valence-corrected chi connectivity index (χ4v) is 2.30. The molecule has 104 valence electrons. The normalized spacial score (nSPS) is 21.0. The Hall–Kier alpha value is -1.59. The highest BCUT2D eigenvalue weighted by molar-refractivity contribution is 5.70. The van der Waals surface area contributed by atoms with Crippen LogP contribution in [0.2, 0.25) is 0 Å². The average Bonchev–Trinajstić information content (AvgIpc) is 2.71. The Morgan fingerprint density at radius 1 is 1.47 bits per heavy atom. The van der Waals surface area contributed by atoms with Gasteiger partial charge in [-0.25, -0.2) is 4.79 Å². The second-order valence-electron chi connectivity index (χ2n) is 4.47. The van der Waals surface area contributed by atoms with Crippen LogP contribution in [0.3, 0.4) is 0 Å². The number of esters is 1. The first kappa shape index (κ1) is 13.8. The lowest BCUT2D eigenvalue weighted by molar-refractivity contribution is -0.148. The highest BCUT2D eigenvalue weighted by atomic mass is 16.6. The molecule has 0 heterocycles. The van der Waals surface area contributed by atoms with Crippen LogP contribution in [0, 0.1) is 0 Å². The van der Waals surface area contributed by atoms with Crippen LogP contribution in [-0.2, 0) is 20.7 Å². The number of nitrogens with two attached hydrogens (primary N) is 1. The Bertz CT molecular complexity index is 461. The van der Waals surface area contributed by atoms with E-state index in [9.17, 15) is 4.79 Å². The fourth-order valence-electron chi connectivity index (χ4n) is 2.30. The number of fused-ring (bicyclic) bond motifs is 1. The van der Waals surface area contributed by atoms with Gasteiger partial charge in [-0.3, -0.25) is 0 Å². The van der Waals surface area contributed by atoms with Crippen LogP contribution in [-0.4, -0.2) is 32.3 Å². The van der Waals surface area contributed by atoms with Crippen molar-refractivity contribution >= 4 is 5.97 Å². The first-order valence-electron chi connectivity index (χ1n) is 6.35. The van der Waals surface area contributed by atoms with E-state index >= 15 is 0 Å². The molecule has 0 saturated heterocycles. The molecule has 5 heteroatoms. The lowest BCUT2D eigenvalue weighted by Gasteiger charge is -2.17.